The molecule has 9 heavy (non-hydrogen) atoms. The SMILES string of the molecule is CC/C=C(Br)\C=C/CCl. The van der Waals surface area contributed by atoms with Crippen LogP contribution in [0.15, 0.2) is 22.7 Å². The number of hydrogen-bond donors (Lipinski definition) is 0. The Hall–Kier alpha value is 0.250. The Bertz CT molecular complexity index is 116. The Kier molecular flexibility index (Phi) is 6.55. The van der Waals surface area contributed by atoms with Gasteiger partial charge in [-0.25, -0.2) is 0 Å². The second-order valence-electron chi connectivity index (χ2n) is 1.55. The third kappa shape index (κ3) is 6.13. The fraction of sp³-hybridized carbons (Fsp3) is 0.429. The van der Waals surface area contributed by atoms with Crippen molar-refractivity contribution in [2.45, 2.75) is 13.3 Å². The number of rotatable bonds is 3. The first-order valence-electron chi connectivity index (χ1n) is 2.89. The minimum atomic E-state index is 0.576. The Morgan fingerprint density at radius 2 is 2.33 bits per heavy atom. The van der Waals surface area contributed by atoms with Crippen molar-refractivity contribution in [1.29, 1.82) is 0 Å². The van der Waals surface area contributed by atoms with Gasteiger partial charge in [0.15, 0.2) is 0 Å². The van der Waals surface area contributed by atoms with Crippen LogP contribution in [0.3, 0.4) is 0 Å². The van der Waals surface area contributed by atoms with Crippen LogP contribution in [-0.2, 0) is 0 Å². The summed E-state index contributed by atoms with van der Waals surface area (Å²) in [6, 6.07) is 0. The lowest BCUT2D eigenvalue weighted by Gasteiger charge is -1.84. The summed E-state index contributed by atoms with van der Waals surface area (Å²) in [7, 11) is 0. The number of hydrogen-bond acceptors (Lipinski definition) is 0. The Morgan fingerprint density at radius 1 is 1.67 bits per heavy atom. The van der Waals surface area contributed by atoms with Crippen LogP contribution >= 0.6 is 27.5 Å². The van der Waals surface area contributed by atoms with E-state index in [9.17, 15) is 0 Å². The molecule has 0 fully saturated rings. The van der Waals surface area contributed by atoms with E-state index in [0.29, 0.717) is 5.88 Å². The van der Waals surface area contributed by atoms with E-state index in [1.54, 1.807) is 0 Å². The molecule has 52 valence electrons. The van der Waals surface area contributed by atoms with Gasteiger partial charge in [-0.1, -0.05) is 41.1 Å². The molecule has 0 atom stereocenters. The lowest BCUT2D eigenvalue weighted by molar-refractivity contribution is 1.22. The molecule has 0 aromatic carbocycles. The molecule has 0 aliphatic carbocycles. The van der Waals surface area contributed by atoms with Gasteiger partial charge in [0.2, 0.25) is 0 Å². The maximum absolute atomic E-state index is 5.41. The topological polar surface area (TPSA) is 0 Å². The van der Waals surface area contributed by atoms with Gasteiger partial charge in [0, 0.05) is 10.4 Å². The molecule has 0 spiro atoms. The number of halogens is 2. The predicted molar refractivity (Wildman–Crippen MR) is 47.2 cm³/mol. The fourth-order valence-corrected chi connectivity index (χ4v) is 1.02. The van der Waals surface area contributed by atoms with Gasteiger partial charge in [0.1, 0.15) is 0 Å². The van der Waals surface area contributed by atoms with Gasteiger partial charge in [-0.05, 0) is 6.42 Å². The Balaban J connectivity index is 3.60. The van der Waals surface area contributed by atoms with Crippen molar-refractivity contribution < 1.29 is 0 Å². The third-order valence-electron chi connectivity index (χ3n) is 0.765. The minimum absolute atomic E-state index is 0.576. The molecule has 0 nitrogen and oxygen atoms in total. The molecule has 0 radical (unpaired) electrons. The zero-order valence-electron chi connectivity index (χ0n) is 5.40. The smallest absolute Gasteiger partial charge is 0.0407 e. The highest BCUT2D eigenvalue weighted by Gasteiger charge is 1.78. The standard InChI is InChI=1S/C7H10BrCl/c1-2-4-7(8)5-3-6-9/h3-5H,2,6H2,1H3/b5-3-,7-4+. The van der Waals surface area contributed by atoms with Gasteiger partial charge >= 0.3 is 0 Å². The van der Waals surface area contributed by atoms with E-state index in [4.69, 9.17) is 11.6 Å². The second-order valence-corrected chi connectivity index (χ2v) is 2.78. The zero-order chi connectivity index (χ0) is 7.11. The van der Waals surface area contributed by atoms with Crippen LogP contribution < -0.4 is 0 Å². The lowest BCUT2D eigenvalue weighted by atomic mass is 10.4. The average molecular weight is 210 g/mol. The molecule has 0 heterocycles. The summed E-state index contributed by atoms with van der Waals surface area (Å²) in [6.45, 7) is 2.09. The number of alkyl halides is 1. The van der Waals surface area contributed by atoms with E-state index >= 15 is 0 Å². The molecule has 0 amide bonds. The van der Waals surface area contributed by atoms with Crippen LogP contribution in [0.2, 0.25) is 0 Å². The Labute approximate surface area is 69.7 Å². The molecule has 0 unspecified atom stereocenters. The van der Waals surface area contributed by atoms with Gasteiger partial charge < -0.3 is 0 Å². The predicted octanol–water partition coefficient (Wildman–Crippen LogP) is 3.47. The normalized spacial score (nSPS) is 13.0. The molecule has 0 saturated carbocycles. The first-order valence-corrected chi connectivity index (χ1v) is 4.22. The molecule has 0 aliphatic rings. The fourth-order valence-electron chi connectivity index (χ4n) is 0.420. The highest BCUT2D eigenvalue weighted by Crippen LogP contribution is 2.07. The van der Waals surface area contributed by atoms with Crippen LogP contribution in [0.5, 0.6) is 0 Å². The summed E-state index contributed by atoms with van der Waals surface area (Å²) >= 11 is 8.77. The van der Waals surface area contributed by atoms with E-state index in [1.807, 2.05) is 12.2 Å². The summed E-state index contributed by atoms with van der Waals surface area (Å²) in [5.41, 5.74) is 0. The maximum Gasteiger partial charge on any atom is 0.0407 e. The quantitative estimate of drug-likeness (QED) is 0.493. The molecule has 0 N–H and O–H groups in total. The largest absolute Gasteiger partial charge is 0.122 e. The molecule has 0 aromatic rings. The van der Waals surface area contributed by atoms with E-state index in [1.165, 1.54) is 0 Å². The van der Waals surface area contributed by atoms with Gasteiger partial charge in [0.25, 0.3) is 0 Å². The third-order valence-corrected chi connectivity index (χ3v) is 1.53. The van der Waals surface area contributed by atoms with Crippen molar-refractivity contribution in [3.05, 3.63) is 22.7 Å². The lowest BCUT2D eigenvalue weighted by Crippen LogP contribution is -1.63. The van der Waals surface area contributed by atoms with Gasteiger partial charge in [-0.15, -0.1) is 11.6 Å². The molecule has 0 aliphatic heterocycles. The van der Waals surface area contributed by atoms with Crippen molar-refractivity contribution in [3.8, 4) is 0 Å². The minimum Gasteiger partial charge on any atom is -0.122 e. The molecular weight excluding hydrogens is 199 g/mol. The summed E-state index contributed by atoms with van der Waals surface area (Å²) in [4.78, 5) is 0. The summed E-state index contributed by atoms with van der Waals surface area (Å²) < 4.78 is 1.10. The van der Waals surface area contributed by atoms with Crippen molar-refractivity contribution in [2.75, 3.05) is 5.88 Å². The highest BCUT2D eigenvalue weighted by atomic mass is 79.9. The zero-order valence-corrected chi connectivity index (χ0v) is 7.74. The molecule has 0 bridgehead atoms. The van der Waals surface area contributed by atoms with Crippen LogP contribution in [0.1, 0.15) is 13.3 Å². The first kappa shape index (κ1) is 9.25. The van der Waals surface area contributed by atoms with Crippen LogP contribution in [0, 0.1) is 0 Å². The van der Waals surface area contributed by atoms with E-state index in [2.05, 4.69) is 28.9 Å². The first-order chi connectivity index (χ1) is 4.31. The molecule has 0 saturated heterocycles. The van der Waals surface area contributed by atoms with Crippen molar-refractivity contribution in [1.82, 2.24) is 0 Å². The molecular formula is C7H10BrCl. The molecule has 0 aromatic heterocycles. The summed E-state index contributed by atoms with van der Waals surface area (Å²) in [5, 5.41) is 0. The summed E-state index contributed by atoms with van der Waals surface area (Å²) in [5.74, 6) is 0.576. The van der Waals surface area contributed by atoms with E-state index in [-0.39, 0.29) is 0 Å². The van der Waals surface area contributed by atoms with Crippen LogP contribution in [-0.4, -0.2) is 5.88 Å². The highest BCUT2D eigenvalue weighted by molar-refractivity contribution is 9.11. The van der Waals surface area contributed by atoms with Gasteiger partial charge in [-0.3, -0.25) is 0 Å². The second kappa shape index (κ2) is 6.37. The average Bonchev–Trinajstić information content (AvgIpc) is 1.85. The van der Waals surface area contributed by atoms with Crippen molar-refractivity contribution in [3.63, 3.8) is 0 Å². The van der Waals surface area contributed by atoms with E-state index in [0.717, 1.165) is 10.9 Å². The maximum atomic E-state index is 5.41. The van der Waals surface area contributed by atoms with Crippen molar-refractivity contribution >= 4 is 27.5 Å². The molecule has 2 heteroatoms. The summed E-state index contributed by atoms with van der Waals surface area (Å²) in [6.07, 6.45) is 6.99. The van der Waals surface area contributed by atoms with Crippen LogP contribution in [0.4, 0.5) is 0 Å². The molecule has 0 rings (SSSR count). The van der Waals surface area contributed by atoms with Gasteiger partial charge in [-0.2, -0.15) is 0 Å². The number of allylic oxidation sites excluding steroid dienone is 4. The van der Waals surface area contributed by atoms with Crippen molar-refractivity contribution in [2.24, 2.45) is 0 Å². The monoisotopic (exact) mass is 208 g/mol. The van der Waals surface area contributed by atoms with Crippen LogP contribution in [0.25, 0.3) is 0 Å². The van der Waals surface area contributed by atoms with E-state index < -0.39 is 0 Å². The Morgan fingerprint density at radius 3 is 2.78 bits per heavy atom. The van der Waals surface area contributed by atoms with Gasteiger partial charge in [0.05, 0.1) is 0 Å².